The van der Waals surface area contributed by atoms with Crippen LogP contribution in [0.5, 0.6) is 5.88 Å². The summed E-state index contributed by atoms with van der Waals surface area (Å²) in [6.07, 6.45) is 1.62. The Morgan fingerprint density at radius 2 is 2.16 bits per heavy atom. The molecule has 6 heteroatoms. The summed E-state index contributed by atoms with van der Waals surface area (Å²) in [5, 5.41) is 2.65. The summed E-state index contributed by atoms with van der Waals surface area (Å²) in [5.74, 6) is 0.281. The maximum Gasteiger partial charge on any atom is 0.245 e. The van der Waals surface area contributed by atoms with E-state index in [0.29, 0.717) is 12.4 Å². The Kier molecular flexibility index (Phi) is 3.69. The fourth-order valence-corrected chi connectivity index (χ4v) is 2.05. The lowest BCUT2D eigenvalue weighted by Gasteiger charge is -2.36. The number of amides is 2. The molecule has 19 heavy (non-hydrogen) atoms. The van der Waals surface area contributed by atoms with Gasteiger partial charge in [0.15, 0.2) is 0 Å². The van der Waals surface area contributed by atoms with Crippen molar-refractivity contribution in [3.63, 3.8) is 0 Å². The van der Waals surface area contributed by atoms with Crippen molar-refractivity contribution >= 4 is 11.8 Å². The summed E-state index contributed by atoms with van der Waals surface area (Å²) >= 11 is 0. The maximum atomic E-state index is 12.1. The van der Waals surface area contributed by atoms with Gasteiger partial charge in [-0.2, -0.15) is 0 Å². The lowest BCUT2D eigenvalue weighted by molar-refractivity contribution is -0.148. The minimum atomic E-state index is -0.479. The van der Waals surface area contributed by atoms with Crippen molar-refractivity contribution in [2.45, 2.75) is 32.5 Å². The Balaban J connectivity index is 2.19. The van der Waals surface area contributed by atoms with Crippen molar-refractivity contribution in [2.24, 2.45) is 0 Å². The summed E-state index contributed by atoms with van der Waals surface area (Å²) in [6.45, 7) is 3.78. The van der Waals surface area contributed by atoms with Crippen LogP contribution in [0.25, 0.3) is 0 Å². The molecule has 1 aromatic heterocycles. The van der Waals surface area contributed by atoms with Crippen molar-refractivity contribution in [1.29, 1.82) is 0 Å². The van der Waals surface area contributed by atoms with Crippen molar-refractivity contribution in [1.82, 2.24) is 15.2 Å². The van der Waals surface area contributed by atoms with Gasteiger partial charge in [-0.3, -0.25) is 9.59 Å². The topological polar surface area (TPSA) is 71.5 Å². The smallest absolute Gasteiger partial charge is 0.245 e. The first-order chi connectivity index (χ1) is 9.02. The number of hydrogen-bond donors (Lipinski definition) is 1. The fourth-order valence-electron chi connectivity index (χ4n) is 2.05. The molecule has 2 atom stereocenters. The van der Waals surface area contributed by atoms with Crippen LogP contribution in [0.2, 0.25) is 0 Å². The summed E-state index contributed by atoms with van der Waals surface area (Å²) in [7, 11) is 1.54. The van der Waals surface area contributed by atoms with Gasteiger partial charge in [-0.05, 0) is 25.5 Å². The number of rotatable bonds is 3. The Morgan fingerprint density at radius 1 is 1.42 bits per heavy atom. The van der Waals surface area contributed by atoms with E-state index in [2.05, 4.69) is 10.3 Å². The third kappa shape index (κ3) is 2.67. The Bertz CT molecular complexity index is 504. The van der Waals surface area contributed by atoms with Gasteiger partial charge in [-0.1, -0.05) is 0 Å². The van der Waals surface area contributed by atoms with Gasteiger partial charge in [0.05, 0.1) is 7.11 Å². The van der Waals surface area contributed by atoms with Crippen LogP contribution in [0.15, 0.2) is 18.3 Å². The van der Waals surface area contributed by atoms with Crippen molar-refractivity contribution in [3.05, 3.63) is 23.9 Å². The highest BCUT2D eigenvalue weighted by Gasteiger charge is 2.35. The molecule has 0 radical (unpaired) electrons. The number of carbonyl (C=O) groups excluding carboxylic acids is 2. The van der Waals surface area contributed by atoms with E-state index < -0.39 is 12.1 Å². The maximum absolute atomic E-state index is 12.1. The molecule has 1 N–H and O–H groups in total. The largest absolute Gasteiger partial charge is 0.481 e. The number of nitrogens with zero attached hydrogens (tertiary/aromatic N) is 2. The van der Waals surface area contributed by atoms with E-state index in [1.54, 1.807) is 37.1 Å². The molecule has 1 aliphatic heterocycles. The van der Waals surface area contributed by atoms with Gasteiger partial charge in [0.2, 0.25) is 17.7 Å². The van der Waals surface area contributed by atoms with Crippen molar-refractivity contribution in [3.8, 4) is 5.88 Å². The Hall–Kier alpha value is -2.11. The van der Waals surface area contributed by atoms with Crippen molar-refractivity contribution in [2.75, 3.05) is 7.11 Å². The molecule has 0 aliphatic carbocycles. The molecule has 6 nitrogen and oxygen atoms in total. The molecule has 2 heterocycles. The Morgan fingerprint density at radius 3 is 2.84 bits per heavy atom. The zero-order valence-electron chi connectivity index (χ0n) is 11.2. The summed E-state index contributed by atoms with van der Waals surface area (Å²) < 4.78 is 5.05. The normalized spacial score (nSPS) is 23.2. The summed E-state index contributed by atoms with van der Waals surface area (Å²) in [4.78, 5) is 29.4. The van der Waals surface area contributed by atoms with E-state index in [1.807, 2.05) is 0 Å². The molecule has 0 bridgehead atoms. The van der Waals surface area contributed by atoms with E-state index in [-0.39, 0.29) is 11.8 Å². The van der Waals surface area contributed by atoms with Gasteiger partial charge in [-0.15, -0.1) is 0 Å². The zero-order chi connectivity index (χ0) is 14.0. The van der Waals surface area contributed by atoms with Gasteiger partial charge in [0.25, 0.3) is 0 Å². The predicted molar refractivity (Wildman–Crippen MR) is 68.4 cm³/mol. The second kappa shape index (κ2) is 5.26. The number of hydrogen-bond acceptors (Lipinski definition) is 4. The van der Waals surface area contributed by atoms with E-state index in [4.69, 9.17) is 4.74 Å². The molecule has 1 fully saturated rings. The lowest BCUT2D eigenvalue weighted by Crippen LogP contribution is -2.60. The molecule has 102 valence electrons. The molecule has 1 saturated heterocycles. The molecular weight excluding hydrogens is 246 g/mol. The quantitative estimate of drug-likeness (QED) is 0.853. The number of methoxy groups -OCH3 is 1. The summed E-state index contributed by atoms with van der Waals surface area (Å²) in [6, 6.07) is 2.62. The van der Waals surface area contributed by atoms with E-state index in [9.17, 15) is 9.59 Å². The van der Waals surface area contributed by atoms with Gasteiger partial charge in [-0.25, -0.2) is 4.98 Å². The van der Waals surface area contributed by atoms with Crippen LogP contribution in [0.1, 0.15) is 19.4 Å². The van der Waals surface area contributed by atoms with E-state index >= 15 is 0 Å². The molecule has 0 aromatic carbocycles. The minimum Gasteiger partial charge on any atom is -0.481 e. The van der Waals surface area contributed by atoms with E-state index in [1.165, 1.54) is 7.11 Å². The van der Waals surface area contributed by atoms with Crippen LogP contribution in [0, 0.1) is 0 Å². The molecule has 2 rings (SSSR count). The molecular formula is C13H17N3O3. The molecule has 1 aliphatic rings. The second-order valence-electron chi connectivity index (χ2n) is 4.58. The number of carbonyl (C=O) groups is 2. The van der Waals surface area contributed by atoms with Crippen LogP contribution in [0.3, 0.4) is 0 Å². The van der Waals surface area contributed by atoms with Crippen LogP contribution < -0.4 is 10.1 Å². The number of piperazine rings is 1. The third-order valence-corrected chi connectivity index (χ3v) is 3.22. The number of ether oxygens (including phenoxy) is 1. The van der Waals surface area contributed by atoms with Crippen LogP contribution >= 0.6 is 0 Å². The molecule has 0 spiro atoms. The first-order valence-corrected chi connectivity index (χ1v) is 6.12. The SMILES string of the molecule is COc1cc(CN2C(=O)C(C)NC(=O)C2C)ccn1. The standard InChI is InChI=1S/C13H17N3O3/c1-8-13(18)16(9(2)12(17)15-8)7-10-4-5-14-11(6-10)19-3/h4-6,8-9H,7H2,1-3H3,(H,15,17). The van der Waals surface area contributed by atoms with Crippen LogP contribution in [-0.4, -0.2) is 40.9 Å². The molecule has 0 saturated carbocycles. The average molecular weight is 263 g/mol. The van der Waals surface area contributed by atoms with Crippen LogP contribution in [0.4, 0.5) is 0 Å². The number of nitrogens with one attached hydrogen (secondary N) is 1. The van der Waals surface area contributed by atoms with Crippen LogP contribution in [-0.2, 0) is 16.1 Å². The predicted octanol–water partition coefficient (Wildman–Crippen LogP) is 0.326. The zero-order valence-corrected chi connectivity index (χ0v) is 11.2. The average Bonchev–Trinajstić information content (AvgIpc) is 2.41. The minimum absolute atomic E-state index is 0.0807. The van der Waals surface area contributed by atoms with Gasteiger partial charge in [0, 0.05) is 18.8 Å². The van der Waals surface area contributed by atoms with Gasteiger partial charge >= 0.3 is 0 Å². The third-order valence-electron chi connectivity index (χ3n) is 3.22. The monoisotopic (exact) mass is 263 g/mol. The summed E-state index contributed by atoms with van der Waals surface area (Å²) in [5.41, 5.74) is 0.883. The highest BCUT2D eigenvalue weighted by Crippen LogP contribution is 2.16. The van der Waals surface area contributed by atoms with Gasteiger partial charge < -0.3 is 15.0 Å². The Labute approximate surface area is 111 Å². The molecule has 2 amide bonds. The number of aromatic nitrogens is 1. The number of pyridine rings is 1. The highest BCUT2D eigenvalue weighted by molar-refractivity contribution is 5.96. The fraction of sp³-hybridized carbons (Fsp3) is 0.462. The second-order valence-corrected chi connectivity index (χ2v) is 4.58. The van der Waals surface area contributed by atoms with Gasteiger partial charge in [0.1, 0.15) is 12.1 Å². The van der Waals surface area contributed by atoms with E-state index in [0.717, 1.165) is 5.56 Å². The first-order valence-electron chi connectivity index (χ1n) is 6.12. The first kappa shape index (κ1) is 13.3. The molecule has 2 unspecified atom stereocenters. The lowest BCUT2D eigenvalue weighted by atomic mass is 10.1. The highest BCUT2D eigenvalue weighted by atomic mass is 16.5. The molecule has 1 aromatic rings. The van der Waals surface area contributed by atoms with Crippen molar-refractivity contribution < 1.29 is 14.3 Å².